The molecule has 0 spiro atoms. The predicted octanol–water partition coefficient (Wildman–Crippen LogP) is 1.28. The maximum Gasteiger partial charge on any atom is 0.241 e. The molecule has 0 atom stereocenters. The topological polar surface area (TPSA) is 75.4 Å². The van der Waals surface area contributed by atoms with Crippen LogP contribution in [0.25, 0.3) is 0 Å². The quantitative estimate of drug-likeness (QED) is 0.757. The number of thiophene rings is 1. The molecule has 0 bridgehead atoms. The molecule has 1 saturated carbocycles. The molecule has 0 radical (unpaired) electrons. The van der Waals surface area contributed by atoms with Gasteiger partial charge in [-0.25, -0.2) is 13.1 Å². The number of nitrogens with one attached hydrogen (secondary N) is 1. The van der Waals surface area contributed by atoms with Crippen LogP contribution in [0.15, 0.2) is 11.0 Å². The molecule has 1 aliphatic carbocycles. The number of nitrogens with two attached hydrogens (primary N) is 1. The zero-order valence-corrected chi connectivity index (χ0v) is 13.7. The standard InChI is InChI=1S/C13H23N3O2S2/c1-3-16(11-4-5-11)7-6-15-20(17,18)13-8-12(9-14)19-10(13)2/h8,11,15H,3-7,9,14H2,1-2H3. The van der Waals surface area contributed by atoms with Gasteiger partial charge in [-0.1, -0.05) is 6.92 Å². The van der Waals surface area contributed by atoms with E-state index in [4.69, 9.17) is 5.73 Å². The van der Waals surface area contributed by atoms with Crippen LogP contribution in [0.5, 0.6) is 0 Å². The second-order valence-electron chi connectivity index (χ2n) is 5.09. The first-order valence-electron chi connectivity index (χ1n) is 7.01. The van der Waals surface area contributed by atoms with Gasteiger partial charge in [0.05, 0.1) is 4.90 Å². The van der Waals surface area contributed by atoms with Crippen molar-refractivity contribution in [3.05, 3.63) is 15.8 Å². The first-order chi connectivity index (χ1) is 9.47. The predicted molar refractivity (Wildman–Crippen MR) is 82.4 cm³/mol. The highest BCUT2D eigenvalue weighted by atomic mass is 32.2. The SMILES string of the molecule is CCN(CCNS(=O)(=O)c1cc(CN)sc1C)C1CC1. The Hall–Kier alpha value is -0.470. The van der Waals surface area contributed by atoms with Gasteiger partial charge in [0, 0.05) is 35.4 Å². The third kappa shape index (κ3) is 3.79. The Morgan fingerprint density at radius 2 is 2.20 bits per heavy atom. The smallest absolute Gasteiger partial charge is 0.241 e. The van der Waals surface area contributed by atoms with E-state index in [-0.39, 0.29) is 0 Å². The van der Waals surface area contributed by atoms with Crippen LogP contribution in [0.4, 0.5) is 0 Å². The van der Waals surface area contributed by atoms with Gasteiger partial charge >= 0.3 is 0 Å². The van der Waals surface area contributed by atoms with E-state index in [0.29, 0.717) is 24.0 Å². The van der Waals surface area contributed by atoms with Gasteiger partial charge in [0.2, 0.25) is 10.0 Å². The van der Waals surface area contributed by atoms with Crippen LogP contribution in [0, 0.1) is 6.92 Å². The molecule has 0 aliphatic heterocycles. The van der Waals surface area contributed by atoms with Crippen molar-refractivity contribution in [3.8, 4) is 0 Å². The number of rotatable bonds is 8. The Balaban J connectivity index is 1.94. The van der Waals surface area contributed by atoms with Crippen LogP contribution in [0.2, 0.25) is 0 Å². The number of sulfonamides is 1. The summed E-state index contributed by atoms with van der Waals surface area (Å²) in [6, 6.07) is 2.34. The minimum Gasteiger partial charge on any atom is -0.326 e. The zero-order valence-electron chi connectivity index (χ0n) is 12.1. The molecule has 1 aromatic rings. The minimum atomic E-state index is -3.41. The lowest BCUT2D eigenvalue weighted by Crippen LogP contribution is -2.36. The lowest BCUT2D eigenvalue weighted by Gasteiger charge is -2.19. The number of aryl methyl sites for hydroxylation is 1. The Morgan fingerprint density at radius 3 is 2.70 bits per heavy atom. The van der Waals surface area contributed by atoms with Gasteiger partial charge in [-0.05, 0) is 32.4 Å². The molecule has 20 heavy (non-hydrogen) atoms. The Morgan fingerprint density at radius 1 is 1.50 bits per heavy atom. The lowest BCUT2D eigenvalue weighted by atomic mass is 10.4. The summed E-state index contributed by atoms with van der Waals surface area (Å²) in [6.45, 7) is 6.52. The zero-order chi connectivity index (χ0) is 14.8. The Kier molecular flexibility index (Phi) is 5.19. The first-order valence-corrected chi connectivity index (χ1v) is 9.31. The summed E-state index contributed by atoms with van der Waals surface area (Å²) in [5.74, 6) is 0. The molecule has 1 aliphatic rings. The van der Waals surface area contributed by atoms with Crippen LogP contribution >= 0.6 is 11.3 Å². The van der Waals surface area contributed by atoms with Crippen molar-refractivity contribution in [2.24, 2.45) is 5.73 Å². The van der Waals surface area contributed by atoms with Crippen LogP contribution in [0.1, 0.15) is 29.5 Å². The first kappa shape index (κ1) is 15.9. The molecule has 0 saturated heterocycles. The highest BCUT2D eigenvalue weighted by molar-refractivity contribution is 7.89. The number of hydrogen-bond donors (Lipinski definition) is 2. The van der Waals surface area contributed by atoms with E-state index in [1.807, 2.05) is 6.92 Å². The summed E-state index contributed by atoms with van der Waals surface area (Å²) in [7, 11) is -3.41. The maximum absolute atomic E-state index is 12.3. The van der Waals surface area contributed by atoms with Crippen molar-refractivity contribution in [1.29, 1.82) is 0 Å². The monoisotopic (exact) mass is 317 g/mol. The highest BCUT2D eigenvalue weighted by Crippen LogP contribution is 2.26. The van der Waals surface area contributed by atoms with Gasteiger partial charge < -0.3 is 5.73 Å². The summed E-state index contributed by atoms with van der Waals surface area (Å²) in [4.78, 5) is 4.40. The maximum atomic E-state index is 12.3. The minimum absolute atomic E-state index is 0.373. The summed E-state index contributed by atoms with van der Waals surface area (Å²) in [6.07, 6.45) is 2.48. The highest BCUT2D eigenvalue weighted by Gasteiger charge is 2.27. The van der Waals surface area contributed by atoms with Crippen LogP contribution in [0.3, 0.4) is 0 Å². The third-order valence-corrected chi connectivity index (χ3v) is 6.36. The summed E-state index contributed by atoms with van der Waals surface area (Å²) in [5.41, 5.74) is 5.56. The summed E-state index contributed by atoms with van der Waals surface area (Å²) in [5, 5.41) is 0. The second kappa shape index (κ2) is 6.53. The normalized spacial score (nSPS) is 16.0. The molecule has 1 aromatic heterocycles. The van der Waals surface area contributed by atoms with E-state index in [2.05, 4.69) is 16.5 Å². The van der Waals surface area contributed by atoms with Gasteiger partial charge in [0.1, 0.15) is 0 Å². The van der Waals surface area contributed by atoms with Crippen molar-refractivity contribution in [2.45, 2.75) is 44.2 Å². The van der Waals surface area contributed by atoms with E-state index in [9.17, 15) is 8.42 Å². The van der Waals surface area contributed by atoms with Gasteiger partial charge in [0.25, 0.3) is 0 Å². The fraction of sp³-hybridized carbons (Fsp3) is 0.692. The average molecular weight is 317 g/mol. The lowest BCUT2D eigenvalue weighted by molar-refractivity contribution is 0.282. The van der Waals surface area contributed by atoms with Gasteiger partial charge in [0.15, 0.2) is 0 Å². The second-order valence-corrected chi connectivity index (χ2v) is 8.17. The fourth-order valence-electron chi connectivity index (χ4n) is 2.33. The molecule has 1 heterocycles. The molecule has 114 valence electrons. The molecule has 0 amide bonds. The van der Waals surface area contributed by atoms with Crippen LogP contribution < -0.4 is 10.5 Å². The van der Waals surface area contributed by atoms with Gasteiger partial charge in [-0.2, -0.15) is 0 Å². The van der Waals surface area contributed by atoms with Crippen molar-refractivity contribution in [1.82, 2.24) is 9.62 Å². The summed E-state index contributed by atoms with van der Waals surface area (Å²) < 4.78 is 27.2. The van der Waals surface area contributed by atoms with Crippen LogP contribution in [-0.2, 0) is 16.6 Å². The van der Waals surface area contributed by atoms with Crippen molar-refractivity contribution in [2.75, 3.05) is 19.6 Å². The molecule has 0 aromatic carbocycles. The van der Waals surface area contributed by atoms with Crippen molar-refractivity contribution < 1.29 is 8.42 Å². The third-order valence-electron chi connectivity index (χ3n) is 3.57. The average Bonchev–Trinajstić information content (AvgIpc) is 3.17. The Labute approximate surface area is 125 Å². The fourth-order valence-corrected chi connectivity index (χ4v) is 4.86. The van der Waals surface area contributed by atoms with Crippen molar-refractivity contribution >= 4 is 21.4 Å². The van der Waals surface area contributed by atoms with Gasteiger partial charge in [-0.15, -0.1) is 11.3 Å². The number of nitrogens with zero attached hydrogens (tertiary/aromatic N) is 1. The molecular formula is C13H23N3O2S2. The summed E-state index contributed by atoms with van der Waals surface area (Å²) >= 11 is 1.45. The molecule has 1 fully saturated rings. The van der Waals surface area contributed by atoms with E-state index < -0.39 is 10.0 Å². The van der Waals surface area contributed by atoms with Crippen molar-refractivity contribution in [3.63, 3.8) is 0 Å². The number of likely N-dealkylation sites (N-methyl/N-ethyl adjacent to an activating group) is 1. The van der Waals surface area contributed by atoms with E-state index in [1.165, 1.54) is 24.2 Å². The molecule has 0 unspecified atom stereocenters. The molecule has 5 nitrogen and oxygen atoms in total. The van der Waals surface area contributed by atoms with Crippen LogP contribution in [-0.4, -0.2) is 39.0 Å². The molecule has 7 heteroatoms. The molecule has 3 N–H and O–H groups in total. The number of hydrogen-bond acceptors (Lipinski definition) is 5. The Bertz CT molecular complexity index is 550. The van der Waals surface area contributed by atoms with Gasteiger partial charge in [-0.3, -0.25) is 4.90 Å². The largest absolute Gasteiger partial charge is 0.326 e. The van der Waals surface area contributed by atoms with E-state index in [0.717, 1.165) is 22.8 Å². The molecular weight excluding hydrogens is 294 g/mol. The van der Waals surface area contributed by atoms with E-state index in [1.54, 1.807) is 6.07 Å². The molecule has 2 rings (SSSR count). The van der Waals surface area contributed by atoms with E-state index >= 15 is 0 Å².